The summed E-state index contributed by atoms with van der Waals surface area (Å²) in [5.41, 5.74) is 1.70. The van der Waals surface area contributed by atoms with Crippen LogP contribution in [0.15, 0.2) is 48.8 Å². The number of methoxy groups -OCH3 is 1. The number of aromatic nitrogens is 2. The van der Waals surface area contributed by atoms with E-state index in [2.05, 4.69) is 10.4 Å². The van der Waals surface area contributed by atoms with Crippen LogP contribution >= 0.6 is 11.3 Å². The Labute approximate surface area is 156 Å². The number of amides is 1. The predicted octanol–water partition coefficient (Wildman–Crippen LogP) is 3.91. The van der Waals surface area contributed by atoms with Gasteiger partial charge in [-0.15, -0.1) is 11.3 Å². The van der Waals surface area contributed by atoms with E-state index in [-0.39, 0.29) is 5.91 Å². The number of hydrogen-bond donors (Lipinski definition) is 1. The summed E-state index contributed by atoms with van der Waals surface area (Å²) in [7, 11) is 1.64. The van der Waals surface area contributed by atoms with Gasteiger partial charge in [0.15, 0.2) is 0 Å². The van der Waals surface area contributed by atoms with Crippen molar-refractivity contribution in [2.75, 3.05) is 25.6 Å². The van der Waals surface area contributed by atoms with Gasteiger partial charge in [-0.05, 0) is 18.6 Å². The van der Waals surface area contributed by atoms with Gasteiger partial charge in [0.05, 0.1) is 31.6 Å². The Morgan fingerprint density at radius 3 is 2.85 bits per heavy atom. The number of hydrogen-bond acceptors (Lipinski definition) is 5. The average molecular weight is 371 g/mol. The maximum atomic E-state index is 12.7. The lowest BCUT2D eigenvalue weighted by atomic mass is 10.2. The van der Waals surface area contributed by atoms with Gasteiger partial charge < -0.3 is 14.8 Å². The number of carbonyl (C=O) groups is 1. The third kappa shape index (κ3) is 4.30. The molecule has 136 valence electrons. The molecule has 1 amide bonds. The van der Waals surface area contributed by atoms with E-state index in [1.54, 1.807) is 24.2 Å². The summed E-state index contributed by atoms with van der Waals surface area (Å²) < 4.78 is 12.4. The van der Waals surface area contributed by atoms with Crippen LogP contribution in [-0.2, 0) is 11.3 Å². The normalized spacial score (nSPS) is 10.7. The number of carbonyl (C=O) groups excluding carboxylic acids is 1. The van der Waals surface area contributed by atoms with E-state index in [1.807, 2.05) is 43.3 Å². The Morgan fingerprint density at radius 1 is 1.31 bits per heavy atom. The van der Waals surface area contributed by atoms with Crippen LogP contribution in [0, 0.1) is 0 Å². The Bertz CT molecular complexity index is 858. The monoisotopic (exact) mass is 371 g/mol. The SMILES string of the molecule is CCOc1cc(-c2ccccc2)sc1C(=O)Nc1cnn(CCOC)c1. The summed E-state index contributed by atoms with van der Waals surface area (Å²) in [6.07, 6.45) is 3.41. The lowest BCUT2D eigenvalue weighted by molar-refractivity contribution is 0.102. The number of thiophene rings is 1. The van der Waals surface area contributed by atoms with Crippen LogP contribution in [0.1, 0.15) is 16.6 Å². The van der Waals surface area contributed by atoms with E-state index < -0.39 is 0 Å². The van der Waals surface area contributed by atoms with Crippen LogP contribution in [0.2, 0.25) is 0 Å². The molecule has 0 aliphatic rings. The number of benzene rings is 1. The van der Waals surface area contributed by atoms with Crippen molar-refractivity contribution in [2.24, 2.45) is 0 Å². The summed E-state index contributed by atoms with van der Waals surface area (Å²) >= 11 is 1.42. The van der Waals surface area contributed by atoms with Gasteiger partial charge in [0.1, 0.15) is 10.6 Å². The highest BCUT2D eigenvalue weighted by Gasteiger charge is 2.19. The zero-order valence-electron chi connectivity index (χ0n) is 14.8. The van der Waals surface area contributed by atoms with Crippen LogP contribution in [-0.4, -0.2) is 36.0 Å². The third-order valence-electron chi connectivity index (χ3n) is 3.68. The summed E-state index contributed by atoms with van der Waals surface area (Å²) in [6, 6.07) is 11.9. The summed E-state index contributed by atoms with van der Waals surface area (Å²) in [5, 5.41) is 7.09. The number of nitrogens with zero attached hydrogens (tertiary/aromatic N) is 2. The molecule has 26 heavy (non-hydrogen) atoms. The molecule has 0 aliphatic carbocycles. The second-order valence-electron chi connectivity index (χ2n) is 5.54. The van der Waals surface area contributed by atoms with E-state index in [9.17, 15) is 4.79 Å². The fourth-order valence-electron chi connectivity index (χ4n) is 2.46. The van der Waals surface area contributed by atoms with E-state index in [0.29, 0.717) is 36.1 Å². The smallest absolute Gasteiger partial charge is 0.269 e. The predicted molar refractivity (Wildman–Crippen MR) is 103 cm³/mol. The van der Waals surface area contributed by atoms with Gasteiger partial charge in [0, 0.05) is 18.2 Å². The van der Waals surface area contributed by atoms with Crippen LogP contribution in [0.25, 0.3) is 10.4 Å². The first-order valence-corrected chi connectivity index (χ1v) is 9.17. The molecule has 1 N–H and O–H groups in total. The van der Waals surface area contributed by atoms with E-state index in [4.69, 9.17) is 9.47 Å². The van der Waals surface area contributed by atoms with Crippen LogP contribution in [0.5, 0.6) is 5.75 Å². The molecular formula is C19H21N3O3S. The Hall–Kier alpha value is -2.64. The lowest BCUT2D eigenvalue weighted by Gasteiger charge is -2.04. The average Bonchev–Trinajstić information content (AvgIpc) is 3.28. The molecule has 3 aromatic rings. The van der Waals surface area contributed by atoms with Crippen molar-refractivity contribution in [3.05, 3.63) is 53.7 Å². The van der Waals surface area contributed by atoms with Gasteiger partial charge in [-0.2, -0.15) is 5.10 Å². The van der Waals surface area contributed by atoms with Gasteiger partial charge in [-0.3, -0.25) is 9.48 Å². The molecule has 2 aromatic heterocycles. The molecule has 0 unspecified atom stereocenters. The minimum Gasteiger partial charge on any atom is -0.492 e. The maximum Gasteiger partial charge on any atom is 0.269 e. The largest absolute Gasteiger partial charge is 0.492 e. The van der Waals surface area contributed by atoms with Crippen molar-refractivity contribution in [2.45, 2.75) is 13.5 Å². The molecule has 0 bridgehead atoms. The fourth-order valence-corrected chi connectivity index (χ4v) is 3.47. The standard InChI is InChI=1S/C19H21N3O3S/c1-3-25-16-11-17(14-7-5-4-6-8-14)26-18(16)19(23)21-15-12-20-22(13-15)9-10-24-2/h4-8,11-13H,3,9-10H2,1-2H3,(H,21,23). The molecule has 0 radical (unpaired) electrons. The molecule has 2 heterocycles. The van der Waals surface area contributed by atoms with Crippen molar-refractivity contribution in [3.63, 3.8) is 0 Å². The van der Waals surface area contributed by atoms with Gasteiger partial charge >= 0.3 is 0 Å². The lowest BCUT2D eigenvalue weighted by Crippen LogP contribution is -2.11. The highest BCUT2D eigenvalue weighted by molar-refractivity contribution is 7.17. The second kappa shape index (κ2) is 8.64. The first kappa shape index (κ1) is 18.2. The molecule has 0 fully saturated rings. The summed E-state index contributed by atoms with van der Waals surface area (Å²) in [5.74, 6) is 0.396. The fraction of sp³-hybridized carbons (Fsp3) is 0.263. The minimum absolute atomic E-state index is 0.202. The van der Waals surface area contributed by atoms with Crippen LogP contribution in [0.4, 0.5) is 5.69 Å². The highest BCUT2D eigenvalue weighted by atomic mass is 32.1. The van der Waals surface area contributed by atoms with E-state index in [1.165, 1.54) is 11.3 Å². The van der Waals surface area contributed by atoms with Gasteiger partial charge in [-0.25, -0.2) is 0 Å². The molecule has 7 heteroatoms. The molecule has 0 aliphatic heterocycles. The zero-order valence-corrected chi connectivity index (χ0v) is 15.6. The first-order chi connectivity index (χ1) is 12.7. The van der Waals surface area contributed by atoms with Crippen molar-refractivity contribution in [1.82, 2.24) is 9.78 Å². The third-order valence-corrected chi connectivity index (χ3v) is 4.84. The Kier molecular flexibility index (Phi) is 6.04. The van der Waals surface area contributed by atoms with E-state index in [0.717, 1.165) is 10.4 Å². The second-order valence-corrected chi connectivity index (χ2v) is 6.59. The zero-order chi connectivity index (χ0) is 18.4. The molecule has 0 saturated carbocycles. The number of ether oxygens (including phenoxy) is 2. The van der Waals surface area contributed by atoms with Crippen molar-refractivity contribution >= 4 is 22.9 Å². The van der Waals surface area contributed by atoms with Gasteiger partial charge in [0.25, 0.3) is 5.91 Å². The Morgan fingerprint density at radius 2 is 2.12 bits per heavy atom. The van der Waals surface area contributed by atoms with Gasteiger partial charge in [-0.1, -0.05) is 30.3 Å². The number of rotatable bonds is 8. The molecular weight excluding hydrogens is 350 g/mol. The molecule has 0 saturated heterocycles. The van der Waals surface area contributed by atoms with Crippen LogP contribution < -0.4 is 10.1 Å². The van der Waals surface area contributed by atoms with Crippen molar-refractivity contribution < 1.29 is 14.3 Å². The van der Waals surface area contributed by atoms with Crippen molar-refractivity contribution in [1.29, 1.82) is 0 Å². The quantitative estimate of drug-likeness (QED) is 0.652. The van der Waals surface area contributed by atoms with Crippen molar-refractivity contribution in [3.8, 4) is 16.2 Å². The molecule has 3 rings (SSSR count). The van der Waals surface area contributed by atoms with E-state index >= 15 is 0 Å². The summed E-state index contributed by atoms with van der Waals surface area (Å²) in [4.78, 5) is 14.3. The van der Waals surface area contributed by atoms with Gasteiger partial charge in [0.2, 0.25) is 0 Å². The molecule has 0 atom stereocenters. The number of anilines is 1. The first-order valence-electron chi connectivity index (χ1n) is 8.36. The minimum atomic E-state index is -0.202. The van der Waals surface area contributed by atoms with Crippen LogP contribution in [0.3, 0.4) is 0 Å². The highest BCUT2D eigenvalue weighted by Crippen LogP contribution is 2.36. The molecule has 0 spiro atoms. The molecule has 1 aromatic carbocycles. The topological polar surface area (TPSA) is 65.4 Å². The number of nitrogens with one attached hydrogen (secondary N) is 1. The molecule has 6 nitrogen and oxygen atoms in total. The Balaban J connectivity index is 1.79. The maximum absolute atomic E-state index is 12.7. The summed E-state index contributed by atoms with van der Waals surface area (Å²) in [6.45, 7) is 3.60.